The zero-order chi connectivity index (χ0) is 27.0. The summed E-state index contributed by atoms with van der Waals surface area (Å²) in [6.45, 7) is 8.28. The molecule has 2 heterocycles. The number of amides is 2. The zero-order valence-electron chi connectivity index (χ0n) is 21.1. The summed E-state index contributed by atoms with van der Waals surface area (Å²) in [7, 11) is 0. The summed E-state index contributed by atoms with van der Waals surface area (Å²) in [5, 5.41) is 7.12. The van der Waals surface area contributed by atoms with Gasteiger partial charge in [-0.2, -0.15) is 18.3 Å². The van der Waals surface area contributed by atoms with Gasteiger partial charge in [0.2, 0.25) is 0 Å². The predicted molar refractivity (Wildman–Crippen MR) is 132 cm³/mol. The summed E-state index contributed by atoms with van der Waals surface area (Å²) in [6, 6.07) is 12.1. The van der Waals surface area contributed by atoms with Crippen molar-refractivity contribution in [2.24, 2.45) is 0 Å². The van der Waals surface area contributed by atoms with Crippen LogP contribution in [0.25, 0.3) is 0 Å². The molecule has 0 spiro atoms. The fourth-order valence-corrected chi connectivity index (χ4v) is 4.12. The van der Waals surface area contributed by atoms with Crippen molar-refractivity contribution >= 4 is 17.8 Å². The van der Waals surface area contributed by atoms with Gasteiger partial charge in [0, 0.05) is 30.4 Å². The average molecular weight is 515 g/mol. The van der Waals surface area contributed by atoms with Gasteiger partial charge in [-0.05, 0) is 75.1 Å². The molecule has 0 aliphatic carbocycles. The number of rotatable bonds is 4. The van der Waals surface area contributed by atoms with E-state index in [1.165, 1.54) is 6.07 Å². The molecule has 0 saturated heterocycles. The van der Waals surface area contributed by atoms with Crippen LogP contribution in [0.15, 0.2) is 48.5 Å². The van der Waals surface area contributed by atoms with E-state index in [1.54, 1.807) is 34.7 Å². The molecule has 0 unspecified atom stereocenters. The number of carbonyl (C=O) groups excluding carboxylic acids is 2. The largest absolute Gasteiger partial charge is 0.444 e. The van der Waals surface area contributed by atoms with E-state index in [0.717, 1.165) is 23.3 Å². The van der Waals surface area contributed by atoms with E-state index < -0.39 is 17.3 Å². The van der Waals surface area contributed by atoms with Crippen LogP contribution < -0.4 is 5.32 Å². The number of aromatic nitrogens is 2. The molecule has 10 heteroatoms. The van der Waals surface area contributed by atoms with Crippen LogP contribution in [0.2, 0.25) is 0 Å². The van der Waals surface area contributed by atoms with Crippen molar-refractivity contribution in [3.05, 3.63) is 82.0 Å². The van der Waals surface area contributed by atoms with E-state index in [1.807, 2.05) is 32.9 Å². The normalized spacial score (nSPS) is 13.8. The number of hydrogen-bond acceptors (Lipinski definition) is 4. The van der Waals surface area contributed by atoms with Crippen LogP contribution >= 0.6 is 0 Å². The molecule has 196 valence electrons. The molecule has 7 nitrogen and oxygen atoms in total. The highest BCUT2D eigenvalue weighted by molar-refractivity contribution is 6.04. The molecular formula is C27H29F3N4O3. The summed E-state index contributed by atoms with van der Waals surface area (Å²) < 4.78 is 46.1. The molecule has 1 N–H and O–H groups in total. The topological polar surface area (TPSA) is 76.5 Å². The van der Waals surface area contributed by atoms with Gasteiger partial charge in [0.25, 0.3) is 5.91 Å². The van der Waals surface area contributed by atoms with Gasteiger partial charge in [-0.15, -0.1) is 0 Å². The molecule has 1 aromatic heterocycles. The molecule has 2 aromatic carbocycles. The first-order valence-corrected chi connectivity index (χ1v) is 11.9. The van der Waals surface area contributed by atoms with Gasteiger partial charge in [-0.3, -0.25) is 9.48 Å². The second-order valence-electron chi connectivity index (χ2n) is 10.1. The molecule has 37 heavy (non-hydrogen) atoms. The van der Waals surface area contributed by atoms with Crippen molar-refractivity contribution in [2.75, 3.05) is 11.9 Å². The Labute approximate surface area is 213 Å². The summed E-state index contributed by atoms with van der Waals surface area (Å²) in [5.74, 6) is -0.0376. The molecule has 0 atom stereocenters. The van der Waals surface area contributed by atoms with Gasteiger partial charge >= 0.3 is 12.3 Å². The lowest BCUT2D eigenvalue weighted by molar-refractivity contribution is -0.137. The molecule has 0 saturated carbocycles. The van der Waals surface area contributed by atoms with Crippen molar-refractivity contribution < 1.29 is 27.5 Å². The van der Waals surface area contributed by atoms with Crippen LogP contribution in [-0.2, 0) is 30.4 Å². The van der Waals surface area contributed by atoms with Crippen LogP contribution in [0, 0.1) is 6.92 Å². The van der Waals surface area contributed by atoms with E-state index in [9.17, 15) is 22.8 Å². The maximum Gasteiger partial charge on any atom is 0.416 e. The van der Waals surface area contributed by atoms with Crippen LogP contribution in [-0.4, -0.2) is 38.8 Å². The second-order valence-corrected chi connectivity index (χ2v) is 10.1. The zero-order valence-corrected chi connectivity index (χ0v) is 21.1. The fourth-order valence-electron chi connectivity index (χ4n) is 4.12. The molecule has 3 aromatic rings. The number of nitrogens with zero attached hydrogens (tertiary/aromatic N) is 3. The number of nitrogens with one attached hydrogen (secondary N) is 1. The van der Waals surface area contributed by atoms with Crippen molar-refractivity contribution in [1.82, 2.24) is 14.7 Å². The highest BCUT2D eigenvalue weighted by Gasteiger charge is 2.30. The Balaban J connectivity index is 1.42. The summed E-state index contributed by atoms with van der Waals surface area (Å²) in [6.07, 6.45) is -4.19. The molecule has 4 rings (SSSR count). The van der Waals surface area contributed by atoms with E-state index in [-0.39, 0.29) is 18.5 Å². The first-order valence-electron chi connectivity index (χ1n) is 11.9. The molecule has 1 aliphatic rings. The quantitative estimate of drug-likeness (QED) is 0.477. The number of hydrogen-bond donors (Lipinski definition) is 1. The highest BCUT2D eigenvalue weighted by atomic mass is 19.4. The van der Waals surface area contributed by atoms with Crippen LogP contribution in [0.1, 0.15) is 59.1 Å². The van der Waals surface area contributed by atoms with Crippen molar-refractivity contribution in [2.45, 2.75) is 59.0 Å². The molecular weight excluding hydrogens is 485 g/mol. The van der Waals surface area contributed by atoms with Crippen molar-refractivity contribution in [3.8, 4) is 0 Å². The number of fused-ring (bicyclic) bond motifs is 1. The van der Waals surface area contributed by atoms with Gasteiger partial charge in [-0.1, -0.05) is 18.2 Å². The van der Waals surface area contributed by atoms with E-state index in [0.29, 0.717) is 42.1 Å². The lowest BCUT2D eigenvalue weighted by Gasteiger charge is -2.31. The Kier molecular flexibility index (Phi) is 7.03. The lowest BCUT2D eigenvalue weighted by Crippen LogP contribution is -2.39. The predicted octanol–water partition coefficient (Wildman–Crippen LogP) is 5.80. The van der Waals surface area contributed by atoms with E-state index >= 15 is 0 Å². The Hall–Kier alpha value is -3.82. The molecule has 2 amide bonds. The van der Waals surface area contributed by atoms with Gasteiger partial charge in [0.1, 0.15) is 5.60 Å². The maximum atomic E-state index is 13.0. The van der Waals surface area contributed by atoms with Crippen LogP contribution in [0.5, 0.6) is 0 Å². The third kappa shape index (κ3) is 6.49. The van der Waals surface area contributed by atoms with Gasteiger partial charge in [0.05, 0.1) is 12.1 Å². The van der Waals surface area contributed by atoms with Crippen LogP contribution in [0.3, 0.4) is 0 Å². The summed E-state index contributed by atoms with van der Waals surface area (Å²) >= 11 is 0. The molecule has 1 aliphatic heterocycles. The van der Waals surface area contributed by atoms with Gasteiger partial charge in [-0.25, -0.2) is 4.79 Å². The first kappa shape index (κ1) is 26.2. The number of aryl methyl sites for hydroxylation is 1. The number of ether oxygens (including phenoxy) is 1. The SMILES string of the molecule is Cc1cc(NC(=O)c2ccc3c(c2)CCN(C(=O)OC(C)(C)C)C3)nn1Cc1cccc(C(F)(F)F)c1. The number of halogens is 3. The standard InChI is InChI=1S/C27H29F3N4O3/c1-17-12-23(32-34(17)15-18-6-5-7-22(13-18)27(28,29)30)31-24(35)20-8-9-21-16-33(11-10-19(21)14-20)25(36)37-26(2,3)4/h5-9,12-14H,10-11,15-16H2,1-4H3,(H,31,32,35). The minimum absolute atomic E-state index is 0.138. The summed E-state index contributed by atoms with van der Waals surface area (Å²) in [5.41, 5.74) is 2.25. The van der Waals surface area contributed by atoms with E-state index in [2.05, 4.69) is 10.4 Å². The smallest absolute Gasteiger partial charge is 0.416 e. The van der Waals surface area contributed by atoms with Crippen molar-refractivity contribution in [3.63, 3.8) is 0 Å². The molecule has 0 fully saturated rings. The summed E-state index contributed by atoms with van der Waals surface area (Å²) in [4.78, 5) is 26.9. The molecule has 0 radical (unpaired) electrons. The lowest BCUT2D eigenvalue weighted by atomic mass is 9.97. The van der Waals surface area contributed by atoms with Gasteiger partial charge in [0.15, 0.2) is 5.82 Å². The number of alkyl halides is 3. The Morgan fingerprint density at radius 2 is 1.81 bits per heavy atom. The average Bonchev–Trinajstić information content (AvgIpc) is 3.15. The van der Waals surface area contributed by atoms with Crippen LogP contribution in [0.4, 0.5) is 23.8 Å². The third-order valence-electron chi connectivity index (χ3n) is 5.94. The Morgan fingerprint density at radius 1 is 1.05 bits per heavy atom. The van der Waals surface area contributed by atoms with Gasteiger partial charge < -0.3 is 15.0 Å². The third-order valence-corrected chi connectivity index (χ3v) is 5.94. The van der Waals surface area contributed by atoms with Crippen molar-refractivity contribution in [1.29, 1.82) is 0 Å². The minimum atomic E-state index is -4.42. The number of benzene rings is 2. The van der Waals surface area contributed by atoms with E-state index in [4.69, 9.17) is 4.74 Å². The minimum Gasteiger partial charge on any atom is -0.444 e. The number of carbonyl (C=O) groups is 2. The fraction of sp³-hybridized carbons (Fsp3) is 0.370. The number of anilines is 1. The molecule has 0 bridgehead atoms. The monoisotopic (exact) mass is 514 g/mol. The second kappa shape index (κ2) is 9.91. The first-order chi connectivity index (χ1) is 17.3. The Morgan fingerprint density at radius 3 is 2.51 bits per heavy atom. The highest BCUT2D eigenvalue weighted by Crippen LogP contribution is 2.30. The Bertz CT molecular complexity index is 1330. The maximum absolute atomic E-state index is 13.0.